The number of carbonyl (C=O) groups excluding carboxylic acids is 1. The van der Waals surface area contributed by atoms with E-state index in [1.54, 1.807) is 0 Å². The first-order valence-electron chi connectivity index (χ1n) is 2.63. The van der Waals surface area contributed by atoms with Crippen molar-refractivity contribution in [3.8, 4) is 0 Å². The largest absolute Gasteiger partial charge is 0.320 e. The van der Waals surface area contributed by atoms with Crippen LogP contribution < -0.4 is 5.73 Å². The highest BCUT2D eigenvalue weighted by Gasteiger charge is 2.06. The monoisotopic (exact) mass is 135 g/mol. The van der Waals surface area contributed by atoms with Gasteiger partial charge in [0.1, 0.15) is 0 Å². The van der Waals surface area contributed by atoms with Gasteiger partial charge >= 0.3 is 0 Å². The van der Waals surface area contributed by atoms with Crippen molar-refractivity contribution in [3.63, 3.8) is 0 Å². The smallest absolute Gasteiger partial charge is 0.238 e. The predicted molar refractivity (Wildman–Crippen MR) is 33.7 cm³/mol. The standard InChI is InChI=1S/C5H10ClNO/c1-2-3-4(7)5(6)8/h4H,2-3,7H2,1H3. The lowest BCUT2D eigenvalue weighted by Gasteiger charge is -2.00. The predicted octanol–water partition coefficient (Wildman–Crippen LogP) is 0.879. The maximum absolute atomic E-state index is 10.2. The zero-order valence-electron chi connectivity index (χ0n) is 4.86. The van der Waals surface area contributed by atoms with Crippen molar-refractivity contribution in [1.29, 1.82) is 0 Å². The molecule has 0 aromatic rings. The van der Waals surface area contributed by atoms with E-state index >= 15 is 0 Å². The summed E-state index contributed by atoms with van der Waals surface area (Å²) in [6.07, 6.45) is 1.59. The Morgan fingerprint density at radius 3 is 2.50 bits per heavy atom. The summed E-state index contributed by atoms with van der Waals surface area (Å²) in [4.78, 5) is 10.2. The molecule has 1 atom stereocenters. The quantitative estimate of drug-likeness (QED) is 0.584. The first-order chi connectivity index (χ1) is 3.68. The number of hydrogen-bond donors (Lipinski definition) is 1. The first-order valence-corrected chi connectivity index (χ1v) is 3.01. The van der Waals surface area contributed by atoms with Crippen LogP contribution in [0.5, 0.6) is 0 Å². The topological polar surface area (TPSA) is 43.1 Å². The molecule has 0 saturated heterocycles. The number of nitrogens with two attached hydrogens (primary N) is 1. The second kappa shape index (κ2) is 3.87. The van der Waals surface area contributed by atoms with Gasteiger partial charge in [0.15, 0.2) is 0 Å². The molecule has 1 unspecified atom stereocenters. The Morgan fingerprint density at radius 1 is 1.88 bits per heavy atom. The van der Waals surface area contributed by atoms with Crippen LogP contribution in [-0.2, 0) is 4.79 Å². The van der Waals surface area contributed by atoms with Crippen LogP contribution in [0.1, 0.15) is 19.8 Å². The highest BCUT2D eigenvalue weighted by Crippen LogP contribution is 1.96. The number of halogens is 1. The zero-order chi connectivity index (χ0) is 6.57. The molecule has 8 heavy (non-hydrogen) atoms. The summed E-state index contributed by atoms with van der Waals surface area (Å²) in [6, 6.07) is -0.457. The van der Waals surface area contributed by atoms with Crippen molar-refractivity contribution < 1.29 is 4.79 Å². The third-order valence-electron chi connectivity index (χ3n) is 0.891. The third-order valence-corrected chi connectivity index (χ3v) is 1.17. The van der Waals surface area contributed by atoms with Crippen molar-refractivity contribution in [2.75, 3.05) is 0 Å². The molecule has 0 aliphatic heterocycles. The summed E-state index contributed by atoms with van der Waals surface area (Å²) in [6.45, 7) is 1.96. The summed E-state index contributed by atoms with van der Waals surface area (Å²) in [7, 11) is 0. The van der Waals surface area contributed by atoms with Gasteiger partial charge in [-0.15, -0.1) is 0 Å². The van der Waals surface area contributed by atoms with Gasteiger partial charge in [-0.2, -0.15) is 0 Å². The molecule has 0 amide bonds. The average molecular weight is 136 g/mol. The van der Waals surface area contributed by atoms with Crippen LogP contribution in [0.4, 0.5) is 0 Å². The third kappa shape index (κ3) is 2.99. The normalized spacial score (nSPS) is 13.4. The number of carbonyl (C=O) groups is 1. The van der Waals surface area contributed by atoms with Crippen molar-refractivity contribution in [2.45, 2.75) is 25.8 Å². The van der Waals surface area contributed by atoms with Crippen molar-refractivity contribution in [2.24, 2.45) is 5.73 Å². The van der Waals surface area contributed by atoms with E-state index in [9.17, 15) is 4.79 Å². The van der Waals surface area contributed by atoms with Crippen LogP contribution in [0.25, 0.3) is 0 Å². The second-order valence-electron chi connectivity index (χ2n) is 1.70. The minimum atomic E-state index is -0.457. The lowest BCUT2D eigenvalue weighted by atomic mass is 10.2. The van der Waals surface area contributed by atoms with Crippen LogP contribution in [0, 0.1) is 0 Å². The highest BCUT2D eigenvalue weighted by molar-refractivity contribution is 6.64. The molecule has 3 heteroatoms. The summed E-state index contributed by atoms with van der Waals surface area (Å²) >= 11 is 5.04. The van der Waals surface area contributed by atoms with Crippen molar-refractivity contribution >= 4 is 16.8 Å². The molecular weight excluding hydrogens is 126 g/mol. The Hall–Kier alpha value is -0.0800. The number of hydrogen-bond acceptors (Lipinski definition) is 2. The van der Waals surface area contributed by atoms with E-state index in [1.165, 1.54) is 0 Å². The Balaban J connectivity index is 3.32. The average Bonchev–Trinajstić information content (AvgIpc) is 1.67. The van der Waals surface area contributed by atoms with Gasteiger partial charge in [-0.05, 0) is 18.0 Å². The maximum atomic E-state index is 10.2. The highest BCUT2D eigenvalue weighted by atomic mass is 35.5. The molecule has 0 aromatic carbocycles. The summed E-state index contributed by atoms with van der Waals surface area (Å²) in [5.74, 6) is 0. The lowest BCUT2D eigenvalue weighted by molar-refractivity contribution is -0.112. The van der Waals surface area contributed by atoms with Gasteiger partial charge in [0, 0.05) is 0 Å². The van der Waals surface area contributed by atoms with Gasteiger partial charge in [0.05, 0.1) is 6.04 Å². The molecule has 0 heterocycles. The number of rotatable bonds is 3. The van der Waals surface area contributed by atoms with Crippen LogP contribution in [0.2, 0.25) is 0 Å². The maximum Gasteiger partial charge on any atom is 0.238 e. The Bertz CT molecular complexity index is 84.5. The molecule has 2 N–H and O–H groups in total. The van der Waals surface area contributed by atoms with Gasteiger partial charge in [-0.25, -0.2) is 0 Å². The molecule has 2 nitrogen and oxygen atoms in total. The molecule has 0 rings (SSSR count). The van der Waals surface area contributed by atoms with Crippen molar-refractivity contribution in [3.05, 3.63) is 0 Å². The SMILES string of the molecule is CCCC(N)C(=O)Cl. The van der Waals surface area contributed by atoms with Gasteiger partial charge in [0.2, 0.25) is 5.24 Å². The zero-order valence-corrected chi connectivity index (χ0v) is 5.61. The fraction of sp³-hybridized carbons (Fsp3) is 0.800. The molecule has 0 fully saturated rings. The van der Waals surface area contributed by atoms with E-state index in [1.807, 2.05) is 6.92 Å². The molecule has 0 bridgehead atoms. The van der Waals surface area contributed by atoms with E-state index in [0.717, 1.165) is 6.42 Å². The van der Waals surface area contributed by atoms with Crippen LogP contribution in [0.3, 0.4) is 0 Å². The Morgan fingerprint density at radius 2 is 2.38 bits per heavy atom. The van der Waals surface area contributed by atoms with Gasteiger partial charge < -0.3 is 5.73 Å². The fourth-order valence-corrected chi connectivity index (χ4v) is 0.534. The fourth-order valence-electron chi connectivity index (χ4n) is 0.424. The van der Waals surface area contributed by atoms with Crippen LogP contribution in [0.15, 0.2) is 0 Å². The molecule has 0 aromatic heterocycles. The molecule has 0 aliphatic carbocycles. The van der Waals surface area contributed by atoms with E-state index in [0.29, 0.717) is 6.42 Å². The minimum Gasteiger partial charge on any atom is -0.320 e. The molecule has 0 aliphatic rings. The van der Waals surface area contributed by atoms with Gasteiger partial charge in [0.25, 0.3) is 0 Å². The van der Waals surface area contributed by atoms with E-state index in [2.05, 4.69) is 0 Å². The Labute approximate surface area is 54.0 Å². The molecule has 0 saturated carbocycles. The summed E-state index contributed by atoms with van der Waals surface area (Å²) < 4.78 is 0. The van der Waals surface area contributed by atoms with Crippen LogP contribution in [-0.4, -0.2) is 11.3 Å². The minimum absolute atomic E-state index is 0.438. The summed E-state index contributed by atoms with van der Waals surface area (Å²) in [5.41, 5.74) is 5.25. The van der Waals surface area contributed by atoms with Crippen molar-refractivity contribution in [1.82, 2.24) is 0 Å². The second-order valence-corrected chi connectivity index (χ2v) is 2.07. The molecule has 0 spiro atoms. The lowest BCUT2D eigenvalue weighted by Crippen LogP contribution is -2.25. The molecule has 48 valence electrons. The summed E-state index contributed by atoms with van der Waals surface area (Å²) in [5, 5.41) is -0.438. The van der Waals surface area contributed by atoms with Gasteiger partial charge in [-0.1, -0.05) is 13.3 Å². The Kier molecular flexibility index (Phi) is 3.83. The van der Waals surface area contributed by atoms with E-state index in [4.69, 9.17) is 17.3 Å². The van der Waals surface area contributed by atoms with E-state index < -0.39 is 11.3 Å². The molecule has 0 radical (unpaired) electrons. The van der Waals surface area contributed by atoms with Gasteiger partial charge in [-0.3, -0.25) is 4.79 Å². The first kappa shape index (κ1) is 7.92. The molecular formula is C5H10ClNO. The van der Waals surface area contributed by atoms with E-state index in [-0.39, 0.29) is 0 Å². The van der Waals surface area contributed by atoms with Crippen LogP contribution >= 0.6 is 11.6 Å².